The van der Waals surface area contributed by atoms with E-state index in [0.29, 0.717) is 11.3 Å². The number of benzene rings is 4. The number of hydrogen-bond acceptors (Lipinski definition) is 7. The number of aryl methyl sites for hydroxylation is 1. The van der Waals surface area contributed by atoms with Crippen molar-refractivity contribution in [1.29, 1.82) is 0 Å². The van der Waals surface area contributed by atoms with Crippen LogP contribution in [0.4, 0.5) is 18.9 Å². The predicted molar refractivity (Wildman–Crippen MR) is 224 cm³/mol. The molecule has 4 aromatic carbocycles. The van der Waals surface area contributed by atoms with Gasteiger partial charge >= 0.3 is 12.1 Å². The summed E-state index contributed by atoms with van der Waals surface area (Å²) in [5.74, 6) is -5.34. The summed E-state index contributed by atoms with van der Waals surface area (Å²) in [6, 6.07) is 28.6. The number of alkyl halides is 3. The summed E-state index contributed by atoms with van der Waals surface area (Å²) in [6.45, 7) is 1.38. The third-order valence-electron chi connectivity index (χ3n) is 9.49. The van der Waals surface area contributed by atoms with Gasteiger partial charge in [0.15, 0.2) is 0 Å². The molecule has 5 amide bonds. The first-order valence-electron chi connectivity index (χ1n) is 19.2. The van der Waals surface area contributed by atoms with Gasteiger partial charge in [0.1, 0.15) is 18.1 Å². The van der Waals surface area contributed by atoms with E-state index in [9.17, 15) is 47.0 Å². The summed E-state index contributed by atoms with van der Waals surface area (Å²) in [7, 11) is 0. The SMILES string of the molecule is Cc1ccc(-c2ccccc2)cc1.O=C1CCC(=O)N[C@H](Cc2cccs2)C(=O)NCC(=O)N[C@H](Cc2ccccc2C(F)(F)F)C(=O)N[C@H](C(=O)O)Cc2ccc(cc2)N1. The summed E-state index contributed by atoms with van der Waals surface area (Å²) in [5.41, 5.74) is 3.29. The van der Waals surface area contributed by atoms with Crippen LogP contribution in [-0.4, -0.2) is 65.3 Å². The lowest BCUT2D eigenvalue weighted by molar-refractivity contribution is -0.142. The van der Waals surface area contributed by atoms with E-state index in [2.05, 4.69) is 82.0 Å². The Hall–Kier alpha value is -6.81. The van der Waals surface area contributed by atoms with Crippen LogP contribution >= 0.6 is 11.3 Å². The number of thiophene rings is 1. The van der Waals surface area contributed by atoms with Crippen LogP contribution < -0.4 is 26.6 Å². The molecule has 1 aromatic heterocycles. The zero-order valence-electron chi connectivity index (χ0n) is 33.0. The molecule has 5 aromatic rings. The normalized spacial score (nSPS) is 18.2. The summed E-state index contributed by atoms with van der Waals surface area (Å²) in [6.07, 6.45) is -6.08. The molecule has 0 fully saturated rings. The number of carboxylic acids is 1. The maximum atomic E-state index is 13.8. The molecule has 16 heteroatoms. The van der Waals surface area contributed by atoms with E-state index < -0.39 is 78.3 Å². The number of rotatable bonds is 6. The van der Waals surface area contributed by atoms with Crippen molar-refractivity contribution in [2.24, 2.45) is 0 Å². The van der Waals surface area contributed by atoms with Gasteiger partial charge in [-0.05, 0) is 58.8 Å². The second-order valence-electron chi connectivity index (χ2n) is 14.2. The van der Waals surface area contributed by atoms with E-state index in [0.717, 1.165) is 17.0 Å². The molecule has 0 saturated carbocycles. The standard InChI is InChI=1S/C32H32F3N5O7S.C13H12/c33-32(34,35)22-6-2-1-4-19(22)15-23-30(45)40-25(31(46)47)14-18-7-9-20(10-8-18)37-26(41)11-12-27(42)38-24(16-21-5-3-13-48-21)29(44)36-17-28(43)39-23;1-11-7-9-13(10-8-11)12-5-3-2-4-6-12/h1-10,13,23-25H,11-12,14-17H2,(H,36,44)(H,37,41)(H,38,42)(H,39,43)(H,40,45)(H,46,47);2-10H,1H3/t23-,24-,25+;/m1./s1. The molecular weight excluding hydrogens is 812 g/mol. The van der Waals surface area contributed by atoms with Gasteiger partial charge in [-0.15, -0.1) is 11.3 Å². The average Bonchev–Trinajstić information content (AvgIpc) is 3.75. The number of carboxylic acid groups (broad SMARTS) is 1. The minimum atomic E-state index is -4.78. The fourth-order valence-corrected chi connectivity index (χ4v) is 7.06. The smallest absolute Gasteiger partial charge is 0.416 e. The quantitative estimate of drug-likeness (QED) is 0.116. The Morgan fingerprint density at radius 1 is 0.689 bits per heavy atom. The van der Waals surface area contributed by atoms with Gasteiger partial charge in [0.25, 0.3) is 0 Å². The molecule has 0 saturated heterocycles. The molecule has 318 valence electrons. The topological polar surface area (TPSA) is 183 Å². The lowest BCUT2D eigenvalue weighted by Gasteiger charge is -2.23. The molecule has 61 heavy (non-hydrogen) atoms. The lowest BCUT2D eigenvalue weighted by Crippen LogP contribution is -2.55. The first-order valence-corrected chi connectivity index (χ1v) is 20.1. The van der Waals surface area contributed by atoms with Crippen molar-refractivity contribution in [3.63, 3.8) is 0 Å². The summed E-state index contributed by atoms with van der Waals surface area (Å²) in [4.78, 5) is 77.6. The molecule has 3 atom stereocenters. The van der Waals surface area contributed by atoms with Gasteiger partial charge in [0.05, 0.1) is 12.1 Å². The van der Waals surface area contributed by atoms with Crippen LogP contribution in [0.2, 0.25) is 0 Å². The second kappa shape index (κ2) is 21.4. The highest BCUT2D eigenvalue weighted by Gasteiger charge is 2.35. The fourth-order valence-electron chi connectivity index (χ4n) is 6.31. The maximum Gasteiger partial charge on any atom is 0.416 e. The monoisotopic (exact) mass is 855 g/mol. The van der Waals surface area contributed by atoms with Crippen LogP contribution in [-0.2, 0) is 54.2 Å². The van der Waals surface area contributed by atoms with Crippen LogP contribution in [0.3, 0.4) is 0 Å². The van der Waals surface area contributed by atoms with Gasteiger partial charge in [0.2, 0.25) is 29.5 Å². The number of fused-ring (bicyclic) bond motifs is 18. The Kier molecular flexibility index (Phi) is 15.9. The highest BCUT2D eigenvalue weighted by molar-refractivity contribution is 7.09. The minimum Gasteiger partial charge on any atom is -0.480 e. The molecule has 2 bridgehead atoms. The summed E-state index contributed by atoms with van der Waals surface area (Å²) >= 11 is 1.32. The van der Waals surface area contributed by atoms with Crippen LogP contribution in [0, 0.1) is 6.92 Å². The van der Waals surface area contributed by atoms with E-state index in [1.807, 2.05) is 6.07 Å². The fraction of sp³-hybridized carbons (Fsp3) is 0.244. The molecule has 0 radical (unpaired) electrons. The Bertz CT molecular complexity index is 2290. The third kappa shape index (κ3) is 14.2. The molecule has 0 aliphatic carbocycles. The summed E-state index contributed by atoms with van der Waals surface area (Å²) in [5, 5.41) is 23.8. The minimum absolute atomic E-state index is 0.0608. The molecule has 12 nitrogen and oxygen atoms in total. The molecule has 7 rings (SSSR count). The Morgan fingerprint density at radius 3 is 1.97 bits per heavy atom. The van der Waals surface area contributed by atoms with E-state index in [1.165, 1.54) is 64.4 Å². The Balaban J connectivity index is 0.000000457. The van der Waals surface area contributed by atoms with Crippen LogP contribution in [0.5, 0.6) is 0 Å². The third-order valence-corrected chi connectivity index (χ3v) is 10.4. The van der Waals surface area contributed by atoms with Crippen LogP contribution in [0.1, 0.15) is 40.0 Å². The molecule has 2 aliphatic rings. The van der Waals surface area contributed by atoms with E-state index >= 15 is 0 Å². The number of carbonyl (C=O) groups excluding carboxylic acids is 5. The van der Waals surface area contributed by atoms with Gasteiger partial charge in [-0.25, -0.2) is 4.79 Å². The number of nitrogens with one attached hydrogen (secondary N) is 5. The molecule has 3 heterocycles. The zero-order chi connectivity index (χ0) is 43.9. The predicted octanol–water partition coefficient (Wildman–Crippen LogP) is 5.84. The Labute approximate surface area is 354 Å². The first kappa shape index (κ1) is 45.3. The van der Waals surface area contributed by atoms with E-state index in [4.69, 9.17) is 0 Å². The maximum absolute atomic E-state index is 13.8. The van der Waals surface area contributed by atoms with Crippen LogP contribution in [0.15, 0.2) is 121 Å². The lowest BCUT2D eigenvalue weighted by atomic mass is 9.98. The van der Waals surface area contributed by atoms with Gasteiger partial charge in [-0.3, -0.25) is 24.0 Å². The van der Waals surface area contributed by atoms with Gasteiger partial charge < -0.3 is 31.7 Å². The van der Waals surface area contributed by atoms with Gasteiger partial charge in [-0.1, -0.05) is 96.6 Å². The van der Waals surface area contributed by atoms with Crippen molar-refractivity contribution >= 4 is 52.5 Å². The molecular formula is C45H44F3N5O7S. The summed E-state index contributed by atoms with van der Waals surface area (Å²) < 4.78 is 41.3. The van der Waals surface area contributed by atoms with Crippen molar-refractivity contribution in [2.75, 3.05) is 11.9 Å². The van der Waals surface area contributed by atoms with Crippen molar-refractivity contribution < 1.29 is 47.0 Å². The van der Waals surface area contributed by atoms with Gasteiger partial charge in [0, 0.05) is 42.7 Å². The molecule has 2 aliphatic heterocycles. The van der Waals surface area contributed by atoms with Crippen molar-refractivity contribution in [3.05, 3.63) is 148 Å². The number of carbonyl (C=O) groups is 6. The number of aliphatic carboxylic acids is 1. The Morgan fingerprint density at radius 2 is 1.31 bits per heavy atom. The molecule has 0 unspecified atom stereocenters. The highest BCUT2D eigenvalue weighted by atomic mass is 32.1. The van der Waals surface area contributed by atoms with Gasteiger partial charge in [-0.2, -0.15) is 13.2 Å². The van der Waals surface area contributed by atoms with Crippen molar-refractivity contribution in [1.82, 2.24) is 21.3 Å². The van der Waals surface area contributed by atoms with Crippen molar-refractivity contribution in [3.8, 4) is 11.1 Å². The number of anilines is 1. The first-order chi connectivity index (χ1) is 29.1. The van der Waals surface area contributed by atoms with E-state index in [-0.39, 0.29) is 31.2 Å². The molecule has 0 spiro atoms. The zero-order valence-corrected chi connectivity index (χ0v) is 33.8. The van der Waals surface area contributed by atoms with E-state index in [1.54, 1.807) is 17.5 Å². The number of hydrogen-bond donors (Lipinski definition) is 6. The second-order valence-corrected chi connectivity index (χ2v) is 15.2. The van der Waals surface area contributed by atoms with Crippen molar-refractivity contribution in [2.45, 2.75) is 63.3 Å². The number of halogens is 3. The molecule has 6 N–H and O–H groups in total. The highest BCUT2D eigenvalue weighted by Crippen LogP contribution is 2.32. The number of amides is 5. The average molecular weight is 856 g/mol. The largest absolute Gasteiger partial charge is 0.480 e. The van der Waals surface area contributed by atoms with Crippen LogP contribution in [0.25, 0.3) is 11.1 Å².